The van der Waals surface area contributed by atoms with Crippen molar-refractivity contribution < 1.29 is 4.79 Å². The molecule has 0 atom stereocenters. The van der Waals surface area contributed by atoms with Crippen LogP contribution in [0.4, 0.5) is 11.4 Å². The van der Waals surface area contributed by atoms with Crippen molar-refractivity contribution in [3.05, 3.63) is 94.5 Å². The first-order valence-corrected chi connectivity index (χ1v) is 8.56. The van der Waals surface area contributed by atoms with Crippen molar-refractivity contribution in [2.45, 2.75) is 0 Å². The van der Waals surface area contributed by atoms with E-state index in [1.165, 1.54) is 0 Å². The summed E-state index contributed by atoms with van der Waals surface area (Å²) in [6.07, 6.45) is 3.35. The average Bonchev–Trinajstić information content (AvgIpc) is 2.69. The molecule has 0 aliphatic rings. The molecule has 0 saturated heterocycles. The van der Waals surface area contributed by atoms with Crippen LogP contribution in [-0.4, -0.2) is 18.3 Å². The van der Waals surface area contributed by atoms with E-state index in [9.17, 15) is 4.79 Å². The van der Waals surface area contributed by atoms with Gasteiger partial charge in [0.25, 0.3) is 5.91 Å². The lowest BCUT2D eigenvalue weighted by molar-refractivity contribution is 0.0955. The number of rotatable bonds is 5. The minimum Gasteiger partial charge on any atom is -0.399 e. The van der Waals surface area contributed by atoms with Crippen LogP contribution < -0.4 is 11.2 Å². The molecule has 3 rings (SSSR count). The van der Waals surface area contributed by atoms with Crippen molar-refractivity contribution in [3.63, 3.8) is 0 Å². The van der Waals surface area contributed by atoms with Crippen LogP contribution >= 0.6 is 11.6 Å². The number of benzene rings is 3. The largest absolute Gasteiger partial charge is 0.399 e. The third-order valence-corrected chi connectivity index (χ3v) is 3.93. The number of nitrogens with one attached hydrogen (secondary N) is 1. The van der Waals surface area contributed by atoms with Gasteiger partial charge in [0.15, 0.2) is 0 Å². The molecule has 0 bridgehead atoms. The molecule has 5 nitrogen and oxygen atoms in total. The molecule has 134 valence electrons. The van der Waals surface area contributed by atoms with E-state index >= 15 is 0 Å². The molecule has 0 spiro atoms. The van der Waals surface area contributed by atoms with Crippen LogP contribution in [0.3, 0.4) is 0 Å². The van der Waals surface area contributed by atoms with Gasteiger partial charge in [-0.3, -0.25) is 9.79 Å². The summed E-state index contributed by atoms with van der Waals surface area (Å²) in [6, 6.07) is 21.6. The first-order chi connectivity index (χ1) is 13.1. The number of hydrogen-bond donors (Lipinski definition) is 2. The summed E-state index contributed by atoms with van der Waals surface area (Å²) in [5.41, 5.74) is 11.8. The lowest BCUT2D eigenvalue weighted by Gasteiger charge is -2.00. The highest BCUT2D eigenvalue weighted by atomic mass is 35.5. The molecule has 1 amide bonds. The van der Waals surface area contributed by atoms with Crippen LogP contribution in [0.2, 0.25) is 5.02 Å². The normalized spacial score (nSPS) is 11.1. The van der Waals surface area contributed by atoms with E-state index in [4.69, 9.17) is 17.3 Å². The summed E-state index contributed by atoms with van der Waals surface area (Å²) in [7, 11) is 0. The number of nitrogens with two attached hydrogens (primary N) is 1. The zero-order valence-electron chi connectivity index (χ0n) is 14.3. The van der Waals surface area contributed by atoms with Gasteiger partial charge in [0, 0.05) is 22.5 Å². The maximum atomic E-state index is 11.9. The van der Waals surface area contributed by atoms with Crippen molar-refractivity contribution in [2.75, 3.05) is 5.73 Å². The van der Waals surface area contributed by atoms with Crippen molar-refractivity contribution >= 4 is 41.3 Å². The lowest BCUT2D eigenvalue weighted by atomic mass is 10.1. The van der Waals surface area contributed by atoms with E-state index in [1.807, 2.05) is 36.4 Å². The maximum Gasteiger partial charge on any atom is 0.271 e. The second-order valence-electron chi connectivity index (χ2n) is 5.72. The SMILES string of the molecule is Nc1ccc(C(=O)NN=Cc2ccc(C=Nc3ccc(Cl)cc3)cc2)cc1. The monoisotopic (exact) mass is 376 g/mol. The number of anilines is 1. The van der Waals surface area contributed by atoms with Crippen molar-refractivity contribution in [1.82, 2.24) is 5.43 Å². The fourth-order valence-corrected chi connectivity index (χ4v) is 2.33. The van der Waals surface area contributed by atoms with Crippen LogP contribution in [0.5, 0.6) is 0 Å². The van der Waals surface area contributed by atoms with Crippen LogP contribution in [0.1, 0.15) is 21.5 Å². The quantitative estimate of drug-likeness (QED) is 0.392. The Labute approximate surface area is 162 Å². The Morgan fingerprint density at radius 2 is 1.44 bits per heavy atom. The smallest absolute Gasteiger partial charge is 0.271 e. The van der Waals surface area contributed by atoms with Crippen molar-refractivity contribution in [2.24, 2.45) is 10.1 Å². The van der Waals surface area contributed by atoms with E-state index in [1.54, 1.807) is 48.8 Å². The number of amides is 1. The molecule has 0 radical (unpaired) electrons. The maximum absolute atomic E-state index is 11.9. The summed E-state index contributed by atoms with van der Waals surface area (Å²) in [4.78, 5) is 16.3. The number of nitrogens with zero attached hydrogens (tertiary/aromatic N) is 2. The highest BCUT2D eigenvalue weighted by molar-refractivity contribution is 6.30. The number of carbonyl (C=O) groups is 1. The number of carbonyl (C=O) groups excluding carboxylic acids is 1. The predicted octanol–water partition coefficient (Wildman–Crippen LogP) is 4.44. The average molecular weight is 377 g/mol. The van der Waals surface area contributed by atoms with E-state index in [-0.39, 0.29) is 5.91 Å². The number of hydrogen-bond acceptors (Lipinski definition) is 4. The molecule has 0 aromatic heterocycles. The zero-order chi connectivity index (χ0) is 19.1. The van der Waals surface area contributed by atoms with Crippen LogP contribution in [0.15, 0.2) is 82.9 Å². The third-order valence-electron chi connectivity index (χ3n) is 3.68. The van der Waals surface area contributed by atoms with Crippen LogP contribution in [0, 0.1) is 0 Å². The van der Waals surface area contributed by atoms with Crippen LogP contribution in [-0.2, 0) is 0 Å². The van der Waals surface area contributed by atoms with E-state index in [0.29, 0.717) is 16.3 Å². The fourth-order valence-electron chi connectivity index (χ4n) is 2.21. The standard InChI is InChI=1S/C21H17ClN4O/c22-18-7-11-20(12-8-18)24-13-15-1-3-16(4-2-15)14-25-26-21(27)17-5-9-19(23)10-6-17/h1-14H,23H2,(H,26,27). The Hall–Kier alpha value is -3.44. The molecule has 3 N–H and O–H groups in total. The van der Waals surface area contributed by atoms with Crippen molar-refractivity contribution in [3.8, 4) is 0 Å². The fraction of sp³-hybridized carbons (Fsp3) is 0. The van der Waals surface area contributed by atoms with E-state index in [0.717, 1.165) is 16.8 Å². The Bertz CT molecular complexity index is 963. The van der Waals surface area contributed by atoms with Gasteiger partial charge >= 0.3 is 0 Å². The first-order valence-electron chi connectivity index (χ1n) is 8.19. The number of halogens is 1. The molecule has 27 heavy (non-hydrogen) atoms. The molecule has 0 unspecified atom stereocenters. The van der Waals surface area contributed by atoms with Crippen LogP contribution in [0.25, 0.3) is 0 Å². The molecule has 3 aromatic rings. The molecule has 0 saturated carbocycles. The summed E-state index contributed by atoms with van der Waals surface area (Å²) in [5.74, 6) is -0.294. The van der Waals surface area contributed by atoms with E-state index < -0.39 is 0 Å². The molecule has 3 aromatic carbocycles. The molecule has 0 aliphatic carbocycles. The summed E-state index contributed by atoms with van der Waals surface area (Å²) >= 11 is 5.85. The summed E-state index contributed by atoms with van der Waals surface area (Å²) < 4.78 is 0. The molecule has 6 heteroatoms. The van der Waals surface area contributed by atoms with Gasteiger partial charge in [-0.25, -0.2) is 5.43 Å². The lowest BCUT2D eigenvalue weighted by Crippen LogP contribution is -2.17. The Balaban J connectivity index is 1.56. The van der Waals surface area contributed by atoms with Gasteiger partial charge in [-0.05, 0) is 59.7 Å². The second kappa shape index (κ2) is 8.78. The number of aliphatic imine (C=N–C) groups is 1. The zero-order valence-corrected chi connectivity index (χ0v) is 15.1. The molecular weight excluding hydrogens is 360 g/mol. The topological polar surface area (TPSA) is 79.8 Å². The molecule has 0 heterocycles. The van der Waals surface area contributed by atoms with Gasteiger partial charge in [-0.1, -0.05) is 35.9 Å². The van der Waals surface area contributed by atoms with Gasteiger partial charge in [0.1, 0.15) is 0 Å². The van der Waals surface area contributed by atoms with Gasteiger partial charge in [0.05, 0.1) is 11.9 Å². The second-order valence-corrected chi connectivity index (χ2v) is 6.16. The Morgan fingerprint density at radius 3 is 2.07 bits per heavy atom. The van der Waals surface area contributed by atoms with Gasteiger partial charge in [-0.2, -0.15) is 5.10 Å². The Morgan fingerprint density at radius 1 is 0.852 bits per heavy atom. The highest BCUT2D eigenvalue weighted by Gasteiger charge is 2.02. The van der Waals surface area contributed by atoms with Crippen molar-refractivity contribution in [1.29, 1.82) is 0 Å². The minimum absolute atomic E-state index is 0.294. The van der Waals surface area contributed by atoms with E-state index in [2.05, 4.69) is 15.5 Å². The van der Waals surface area contributed by atoms with Gasteiger partial charge in [0.2, 0.25) is 0 Å². The molecular formula is C21H17ClN4O. The van der Waals surface area contributed by atoms with Gasteiger partial charge in [-0.15, -0.1) is 0 Å². The predicted molar refractivity (Wildman–Crippen MR) is 111 cm³/mol. The Kier molecular flexibility index (Phi) is 5.97. The first kappa shape index (κ1) is 18.4. The highest BCUT2D eigenvalue weighted by Crippen LogP contribution is 2.16. The number of nitrogen functional groups attached to an aromatic ring is 1. The van der Waals surface area contributed by atoms with Gasteiger partial charge < -0.3 is 5.73 Å². The third kappa shape index (κ3) is 5.52. The summed E-state index contributed by atoms with van der Waals surface area (Å²) in [6.45, 7) is 0. The summed E-state index contributed by atoms with van der Waals surface area (Å²) in [5, 5.41) is 4.65. The minimum atomic E-state index is -0.294. The molecule has 0 fully saturated rings. The molecule has 0 aliphatic heterocycles. The number of hydrazone groups is 1.